The van der Waals surface area contributed by atoms with Crippen molar-refractivity contribution in [1.82, 2.24) is 0 Å². The SMILES string of the molecule is N#CCCCCCOc1ccc(C(F)(F)Oc2ccc(/C=C/C(=O)OCCCCc3ccc(N)cc3N)cc2)cc1. The van der Waals surface area contributed by atoms with Gasteiger partial charge >= 0.3 is 12.1 Å². The fraction of sp³-hybridized carbons (Fsp3) is 0.312. The molecule has 0 spiro atoms. The van der Waals surface area contributed by atoms with Crippen LogP contribution < -0.4 is 20.9 Å². The molecule has 41 heavy (non-hydrogen) atoms. The Kier molecular flexibility index (Phi) is 12.0. The van der Waals surface area contributed by atoms with Gasteiger partial charge in [0.15, 0.2) is 0 Å². The third-order valence-electron chi connectivity index (χ3n) is 6.18. The predicted octanol–water partition coefficient (Wildman–Crippen LogP) is 7.02. The van der Waals surface area contributed by atoms with E-state index in [0.29, 0.717) is 42.1 Å². The van der Waals surface area contributed by atoms with Crippen molar-refractivity contribution in [2.45, 2.75) is 51.1 Å². The zero-order chi connectivity index (χ0) is 29.5. The van der Waals surface area contributed by atoms with Gasteiger partial charge in [-0.25, -0.2) is 4.79 Å². The Balaban J connectivity index is 1.39. The molecule has 4 N–H and O–H groups in total. The van der Waals surface area contributed by atoms with Crippen molar-refractivity contribution in [3.8, 4) is 17.6 Å². The van der Waals surface area contributed by atoms with Crippen LogP contribution in [0, 0.1) is 11.3 Å². The number of benzene rings is 3. The van der Waals surface area contributed by atoms with Crippen molar-refractivity contribution in [2.75, 3.05) is 24.7 Å². The summed E-state index contributed by atoms with van der Waals surface area (Å²) in [6.45, 7) is 0.730. The van der Waals surface area contributed by atoms with E-state index in [9.17, 15) is 13.6 Å². The van der Waals surface area contributed by atoms with Gasteiger partial charge in [-0.1, -0.05) is 18.2 Å². The molecule has 0 heterocycles. The summed E-state index contributed by atoms with van der Waals surface area (Å²) in [5.74, 6) is -0.0210. The van der Waals surface area contributed by atoms with E-state index in [2.05, 4.69) is 6.07 Å². The first-order valence-electron chi connectivity index (χ1n) is 13.5. The van der Waals surface area contributed by atoms with Crippen molar-refractivity contribution in [2.24, 2.45) is 0 Å². The van der Waals surface area contributed by atoms with Crippen LogP contribution in [0.1, 0.15) is 55.2 Å². The van der Waals surface area contributed by atoms with E-state index in [1.807, 2.05) is 6.07 Å². The van der Waals surface area contributed by atoms with Crippen molar-refractivity contribution < 1.29 is 27.8 Å². The lowest BCUT2D eigenvalue weighted by Crippen LogP contribution is -2.21. The Labute approximate surface area is 239 Å². The summed E-state index contributed by atoms with van der Waals surface area (Å²) in [5, 5.41) is 8.53. The van der Waals surface area contributed by atoms with Crippen LogP contribution >= 0.6 is 0 Å². The lowest BCUT2D eigenvalue weighted by molar-refractivity contribution is -0.185. The predicted molar refractivity (Wildman–Crippen MR) is 155 cm³/mol. The fourth-order valence-corrected chi connectivity index (χ4v) is 3.92. The number of alkyl halides is 2. The quantitative estimate of drug-likeness (QED) is 0.0831. The second-order valence-corrected chi connectivity index (χ2v) is 9.45. The third kappa shape index (κ3) is 10.8. The number of nitrogen functional groups attached to an aromatic ring is 2. The van der Waals surface area contributed by atoms with Gasteiger partial charge in [0, 0.05) is 23.9 Å². The molecule has 0 saturated heterocycles. The lowest BCUT2D eigenvalue weighted by Gasteiger charge is -2.18. The number of hydrogen-bond acceptors (Lipinski definition) is 7. The number of ether oxygens (including phenoxy) is 3. The maximum Gasteiger partial charge on any atom is 0.426 e. The van der Waals surface area contributed by atoms with Gasteiger partial charge in [-0.2, -0.15) is 14.0 Å². The Hall–Kier alpha value is -4.58. The number of carbonyl (C=O) groups excluding carboxylic acids is 1. The van der Waals surface area contributed by atoms with Gasteiger partial charge in [0.25, 0.3) is 0 Å². The van der Waals surface area contributed by atoms with Gasteiger partial charge in [0.2, 0.25) is 0 Å². The standard InChI is InChI=1S/C32H35F2N3O4/c33-32(34,26-12-17-28(18-13-26)39-21-5-2-1-4-20-35)41-29-15-8-24(9-16-29)10-19-31(38)40-22-6-3-7-25-11-14-27(36)23-30(25)37/h8-19,23H,1-7,21-22,36-37H2/b19-10+. The summed E-state index contributed by atoms with van der Waals surface area (Å²) in [6, 6.07) is 19.0. The number of nitriles is 1. The van der Waals surface area contributed by atoms with Crippen molar-refractivity contribution in [3.05, 3.63) is 89.5 Å². The molecule has 216 valence electrons. The van der Waals surface area contributed by atoms with Gasteiger partial charge in [-0.3, -0.25) is 0 Å². The molecule has 9 heteroatoms. The number of esters is 1. The molecule has 3 aromatic rings. The highest BCUT2D eigenvalue weighted by atomic mass is 19.3. The number of rotatable bonds is 16. The average Bonchev–Trinajstić information content (AvgIpc) is 2.95. The Morgan fingerprint density at radius 2 is 1.59 bits per heavy atom. The molecular weight excluding hydrogens is 528 g/mol. The molecule has 0 fully saturated rings. The van der Waals surface area contributed by atoms with Crippen molar-refractivity contribution in [3.63, 3.8) is 0 Å². The van der Waals surface area contributed by atoms with Gasteiger partial charge in [-0.05, 0) is 104 Å². The Bertz CT molecular complexity index is 1320. The highest BCUT2D eigenvalue weighted by molar-refractivity contribution is 5.87. The summed E-state index contributed by atoms with van der Waals surface area (Å²) < 4.78 is 45.1. The zero-order valence-electron chi connectivity index (χ0n) is 22.9. The number of aryl methyl sites for hydroxylation is 1. The normalized spacial score (nSPS) is 11.2. The largest absolute Gasteiger partial charge is 0.494 e. The van der Waals surface area contributed by atoms with Crippen LogP contribution in [0.5, 0.6) is 11.5 Å². The Morgan fingerprint density at radius 1 is 0.878 bits per heavy atom. The molecule has 0 saturated carbocycles. The topological polar surface area (TPSA) is 121 Å². The summed E-state index contributed by atoms with van der Waals surface area (Å²) >= 11 is 0. The van der Waals surface area contributed by atoms with Crippen LogP contribution in [0.3, 0.4) is 0 Å². The van der Waals surface area contributed by atoms with Crippen molar-refractivity contribution in [1.29, 1.82) is 5.26 Å². The molecule has 7 nitrogen and oxygen atoms in total. The number of nitrogens with two attached hydrogens (primary N) is 2. The molecule has 0 radical (unpaired) electrons. The molecule has 3 rings (SSSR count). The molecule has 0 amide bonds. The second kappa shape index (κ2) is 15.9. The second-order valence-electron chi connectivity index (χ2n) is 9.45. The van der Waals surface area contributed by atoms with E-state index >= 15 is 0 Å². The summed E-state index contributed by atoms with van der Waals surface area (Å²) in [6.07, 6.45) is 4.54. The number of halogens is 2. The highest BCUT2D eigenvalue weighted by Gasteiger charge is 2.34. The maximum absolute atomic E-state index is 14.7. The van der Waals surface area contributed by atoms with E-state index < -0.39 is 12.1 Å². The van der Waals surface area contributed by atoms with E-state index in [4.69, 9.17) is 30.9 Å². The average molecular weight is 564 g/mol. The van der Waals surface area contributed by atoms with Crippen LogP contribution in [0.25, 0.3) is 6.08 Å². The monoisotopic (exact) mass is 563 g/mol. The maximum atomic E-state index is 14.7. The molecule has 0 aliphatic carbocycles. The first-order chi connectivity index (χ1) is 19.8. The van der Waals surface area contributed by atoms with Crippen LogP contribution in [0.2, 0.25) is 0 Å². The molecule has 0 unspecified atom stereocenters. The minimum atomic E-state index is -3.55. The first kappa shape index (κ1) is 31.0. The van der Waals surface area contributed by atoms with E-state index in [0.717, 1.165) is 37.7 Å². The molecular formula is C32H35F2N3O4. The zero-order valence-corrected chi connectivity index (χ0v) is 22.9. The number of carbonyl (C=O) groups is 1. The smallest absolute Gasteiger partial charge is 0.426 e. The summed E-state index contributed by atoms with van der Waals surface area (Å²) in [5.41, 5.74) is 14.3. The van der Waals surface area contributed by atoms with Crippen LogP contribution in [0.15, 0.2) is 72.8 Å². The number of nitrogens with zero attached hydrogens (tertiary/aromatic N) is 1. The van der Waals surface area contributed by atoms with E-state index in [1.54, 1.807) is 30.3 Å². The third-order valence-corrected chi connectivity index (χ3v) is 6.18. The van der Waals surface area contributed by atoms with Crippen molar-refractivity contribution >= 4 is 23.4 Å². The number of hydrogen-bond donors (Lipinski definition) is 2. The molecule has 0 aliphatic heterocycles. The summed E-state index contributed by atoms with van der Waals surface area (Å²) in [7, 11) is 0. The van der Waals surface area contributed by atoms with Gasteiger partial charge < -0.3 is 25.7 Å². The fourth-order valence-electron chi connectivity index (χ4n) is 3.92. The van der Waals surface area contributed by atoms with Crippen LogP contribution in [0.4, 0.5) is 20.2 Å². The molecule has 0 bridgehead atoms. The van der Waals surface area contributed by atoms with E-state index in [-0.39, 0.29) is 17.9 Å². The van der Waals surface area contributed by atoms with Gasteiger partial charge in [0.1, 0.15) is 11.5 Å². The lowest BCUT2D eigenvalue weighted by atomic mass is 10.1. The van der Waals surface area contributed by atoms with Crippen LogP contribution in [-0.2, 0) is 22.1 Å². The van der Waals surface area contributed by atoms with Gasteiger partial charge in [0.05, 0.1) is 24.8 Å². The van der Waals surface area contributed by atoms with Gasteiger partial charge in [-0.15, -0.1) is 0 Å². The van der Waals surface area contributed by atoms with E-state index in [1.165, 1.54) is 42.5 Å². The molecule has 3 aromatic carbocycles. The Morgan fingerprint density at radius 3 is 2.29 bits per heavy atom. The number of unbranched alkanes of at least 4 members (excludes halogenated alkanes) is 4. The minimum absolute atomic E-state index is 0.0193. The van der Waals surface area contributed by atoms with Crippen LogP contribution in [-0.4, -0.2) is 19.2 Å². The first-order valence-corrected chi connectivity index (χ1v) is 13.5. The number of anilines is 2. The molecule has 0 aliphatic rings. The highest BCUT2D eigenvalue weighted by Crippen LogP contribution is 2.32. The molecule has 0 aromatic heterocycles. The summed E-state index contributed by atoms with van der Waals surface area (Å²) in [4.78, 5) is 12.0. The minimum Gasteiger partial charge on any atom is -0.494 e. The molecule has 0 atom stereocenters.